The van der Waals surface area contributed by atoms with Gasteiger partial charge in [0, 0.05) is 83.0 Å². The number of piperidine rings is 1. The Kier molecular flexibility index (Phi) is 7.69. The Balaban J connectivity index is 1.53. The van der Waals surface area contributed by atoms with Gasteiger partial charge in [0.05, 0.1) is 30.5 Å². The van der Waals surface area contributed by atoms with E-state index >= 15 is 0 Å². The molecule has 1 aliphatic heterocycles. The average Bonchev–Trinajstić information content (AvgIpc) is 3.41. The lowest BCUT2D eigenvalue weighted by atomic mass is 9.42. The molecule has 254 valence electrons. The number of likely N-dealkylation sites (tertiary alicyclic amines) is 1. The summed E-state index contributed by atoms with van der Waals surface area (Å²) < 4.78 is 37.4. The van der Waals surface area contributed by atoms with Crippen LogP contribution in [0.15, 0.2) is 30.3 Å². The number of rotatable bonds is 9. The fraction of sp³-hybridized carbons (Fsp3) is 0.765. The third-order valence-corrected chi connectivity index (χ3v) is 13.2. The molecule has 12 nitrogen and oxygen atoms in total. The molecule has 15 atom stereocenters. The summed E-state index contributed by atoms with van der Waals surface area (Å²) in [5, 5.41) is 37.3. The number of hydrogen-bond donors (Lipinski definition) is 3. The molecule has 7 rings (SSSR count). The number of aliphatic hydroxyl groups excluding tert-OH is 2. The summed E-state index contributed by atoms with van der Waals surface area (Å²) >= 11 is 0. The van der Waals surface area contributed by atoms with Crippen LogP contribution in [0.2, 0.25) is 0 Å². The number of ether oxygens (including phenoxy) is 6. The van der Waals surface area contributed by atoms with Crippen LogP contribution in [0.3, 0.4) is 0 Å². The fourth-order valence-corrected chi connectivity index (χ4v) is 12.3. The maximum absolute atomic E-state index is 13.8. The SMILES string of the molecule is CCN1CC2(COC)C(O)CC(OC)C34C5CC6(O)C(OC(=O)c7ccccc7)C5[C@@](OC(C)=O)(C(C(OC)C23)C14)[C@@H](O)[C@@H]6OC. The van der Waals surface area contributed by atoms with E-state index in [4.69, 9.17) is 28.4 Å². The summed E-state index contributed by atoms with van der Waals surface area (Å²) in [7, 11) is 6.27. The second kappa shape index (κ2) is 10.9. The van der Waals surface area contributed by atoms with Crippen molar-refractivity contribution < 1.29 is 53.3 Å². The Bertz CT molecular complexity index is 1360. The summed E-state index contributed by atoms with van der Waals surface area (Å²) in [6.45, 7) is 4.68. The molecule has 1 saturated heterocycles. The highest BCUT2D eigenvalue weighted by molar-refractivity contribution is 5.89. The lowest BCUT2D eigenvalue weighted by molar-refractivity contribution is -0.322. The molecule has 12 heteroatoms. The number of nitrogens with zero attached hydrogens (tertiary/aromatic N) is 1. The van der Waals surface area contributed by atoms with Crippen LogP contribution in [0.4, 0.5) is 0 Å². The minimum absolute atomic E-state index is 0.0791. The molecule has 5 saturated carbocycles. The number of benzene rings is 1. The normalized spacial score (nSPS) is 49.9. The lowest BCUT2D eigenvalue weighted by Gasteiger charge is -2.70. The molecule has 6 aliphatic rings. The van der Waals surface area contributed by atoms with Gasteiger partial charge >= 0.3 is 11.9 Å². The van der Waals surface area contributed by atoms with Gasteiger partial charge in [-0.15, -0.1) is 0 Å². The maximum atomic E-state index is 13.8. The zero-order valence-corrected chi connectivity index (χ0v) is 27.3. The third kappa shape index (κ3) is 3.62. The highest BCUT2D eigenvalue weighted by Gasteiger charge is 2.92. The summed E-state index contributed by atoms with van der Waals surface area (Å²) in [5.74, 6) is -3.65. The number of fused-ring (bicyclic) bond motifs is 2. The van der Waals surface area contributed by atoms with Crippen molar-refractivity contribution in [2.45, 2.75) is 80.6 Å². The molecule has 3 N–H and O–H groups in total. The van der Waals surface area contributed by atoms with Gasteiger partial charge in [0.25, 0.3) is 0 Å². The van der Waals surface area contributed by atoms with Crippen molar-refractivity contribution in [3.05, 3.63) is 35.9 Å². The Morgan fingerprint density at radius 2 is 1.72 bits per heavy atom. The van der Waals surface area contributed by atoms with Crippen molar-refractivity contribution in [2.75, 3.05) is 48.1 Å². The minimum Gasteiger partial charge on any atom is -0.455 e. The van der Waals surface area contributed by atoms with Gasteiger partial charge in [-0.2, -0.15) is 0 Å². The van der Waals surface area contributed by atoms with E-state index < -0.39 is 88.3 Å². The van der Waals surface area contributed by atoms with Gasteiger partial charge < -0.3 is 43.7 Å². The van der Waals surface area contributed by atoms with Gasteiger partial charge in [-0.1, -0.05) is 25.1 Å². The zero-order chi connectivity index (χ0) is 33.0. The Morgan fingerprint density at radius 1 is 1.00 bits per heavy atom. The van der Waals surface area contributed by atoms with E-state index in [-0.39, 0.29) is 25.0 Å². The monoisotopic (exact) mass is 645 g/mol. The number of methoxy groups -OCH3 is 4. The Hall–Kier alpha value is -2.16. The van der Waals surface area contributed by atoms with E-state index in [1.807, 2.05) is 6.92 Å². The first kappa shape index (κ1) is 32.4. The number of carbonyl (C=O) groups is 2. The molecule has 1 aromatic carbocycles. The van der Waals surface area contributed by atoms with Gasteiger partial charge in [-0.05, 0) is 31.0 Å². The van der Waals surface area contributed by atoms with Crippen molar-refractivity contribution in [3.63, 3.8) is 0 Å². The smallest absolute Gasteiger partial charge is 0.338 e. The Morgan fingerprint density at radius 3 is 2.30 bits per heavy atom. The molecule has 1 spiro atoms. The maximum Gasteiger partial charge on any atom is 0.338 e. The van der Waals surface area contributed by atoms with Crippen LogP contribution in [0.5, 0.6) is 0 Å². The van der Waals surface area contributed by atoms with Gasteiger partial charge in [0.2, 0.25) is 0 Å². The largest absolute Gasteiger partial charge is 0.455 e. The first-order chi connectivity index (χ1) is 22.0. The van der Waals surface area contributed by atoms with E-state index in [0.29, 0.717) is 25.1 Å². The lowest BCUT2D eigenvalue weighted by Crippen LogP contribution is -2.81. The average molecular weight is 646 g/mol. The summed E-state index contributed by atoms with van der Waals surface area (Å²) in [6, 6.07) is 8.18. The van der Waals surface area contributed by atoms with Crippen LogP contribution >= 0.6 is 0 Å². The summed E-state index contributed by atoms with van der Waals surface area (Å²) in [5.41, 5.74) is -4.79. The molecule has 7 bridgehead atoms. The topological polar surface area (TPSA) is 153 Å². The van der Waals surface area contributed by atoms with Crippen molar-refractivity contribution in [1.82, 2.24) is 4.90 Å². The van der Waals surface area contributed by atoms with Crippen molar-refractivity contribution >= 4 is 11.9 Å². The van der Waals surface area contributed by atoms with Gasteiger partial charge in [-0.3, -0.25) is 9.69 Å². The molecule has 0 aromatic heterocycles. The van der Waals surface area contributed by atoms with E-state index in [1.165, 1.54) is 14.0 Å². The molecule has 5 aliphatic carbocycles. The number of hydrogen-bond acceptors (Lipinski definition) is 12. The number of aliphatic hydroxyl groups is 3. The highest BCUT2D eigenvalue weighted by Crippen LogP contribution is 2.80. The molecular weight excluding hydrogens is 598 g/mol. The van der Waals surface area contributed by atoms with Crippen LogP contribution in [0.25, 0.3) is 0 Å². The summed E-state index contributed by atoms with van der Waals surface area (Å²) in [6.07, 6.45) is -5.49. The second-order valence-corrected chi connectivity index (χ2v) is 14.4. The molecule has 1 aromatic rings. The van der Waals surface area contributed by atoms with E-state index in [9.17, 15) is 24.9 Å². The highest BCUT2D eigenvalue weighted by atomic mass is 16.6. The molecule has 46 heavy (non-hydrogen) atoms. The van der Waals surface area contributed by atoms with Crippen molar-refractivity contribution in [3.8, 4) is 0 Å². The van der Waals surface area contributed by atoms with Crippen LogP contribution in [0, 0.1) is 34.5 Å². The predicted molar refractivity (Wildman–Crippen MR) is 160 cm³/mol. The standard InChI is InChI=1S/C34H47NO11/c1-7-35-15-31(16-41-3)20(37)13-21(42-4)33-19-14-32(40)28(45-30(39)18-11-9-8-10-12-18)22(19)34(46-17(2)36,27(38)29(32)44-6)23(26(33)35)24(43-5)25(31)33/h8-12,19-29,37-38,40H,7,13-16H2,1-6H3/t19?,20?,21?,22?,23?,24?,25?,26?,27-,28?,29-,31?,32?,33?,34+/m0/s1. The minimum atomic E-state index is -1.83. The number of carbonyl (C=O) groups excluding carboxylic acids is 2. The molecule has 0 radical (unpaired) electrons. The first-order valence-electron chi connectivity index (χ1n) is 16.3. The van der Waals surface area contributed by atoms with Crippen LogP contribution in [-0.2, 0) is 33.2 Å². The summed E-state index contributed by atoms with van der Waals surface area (Å²) in [4.78, 5) is 29.3. The van der Waals surface area contributed by atoms with Crippen LogP contribution in [0.1, 0.15) is 37.0 Å². The van der Waals surface area contributed by atoms with Gasteiger partial charge in [0.15, 0.2) is 5.60 Å². The van der Waals surface area contributed by atoms with E-state index in [2.05, 4.69) is 4.90 Å². The van der Waals surface area contributed by atoms with Crippen molar-refractivity contribution in [1.29, 1.82) is 0 Å². The second-order valence-electron chi connectivity index (χ2n) is 14.4. The van der Waals surface area contributed by atoms with Crippen LogP contribution in [-0.4, -0.2) is 134 Å². The Labute approximate surface area is 269 Å². The van der Waals surface area contributed by atoms with Crippen molar-refractivity contribution in [2.24, 2.45) is 34.5 Å². The van der Waals surface area contributed by atoms with Crippen LogP contribution < -0.4 is 0 Å². The molecule has 1 heterocycles. The van der Waals surface area contributed by atoms with E-state index in [0.717, 1.165) is 0 Å². The zero-order valence-electron chi connectivity index (χ0n) is 27.3. The number of esters is 2. The quantitative estimate of drug-likeness (QED) is 0.323. The van der Waals surface area contributed by atoms with Gasteiger partial charge in [-0.25, -0.2) is 4.79 Å². The molecule has 12 unspecified atom stereocenters. The third-order valence-electron chi connectivity index (χ3n) is 13.2. The van der Waals surface area contributed by atoms with Gasteiger partial charge in [0.1, 0.15) is 23.9 Å². The predicted octanol–water partition coefficient (Wildman–Crippen LogP) is 0.648. The molecular formula is C34H47NO11. The molecule has 0 amide bonds. The van der Waals surface area contributed by atoms with E-state index in [1.54, 1.807) is 51.7 Å². The molecule has 6 fully saturated rings. The fourth-order valence-electron chi connectivity index (χ4n) is 12.3. The first-order valence-corrected chi connectivity index (χ1v) is 16.3.